The van der Waals surface area contributed by atoms with E-state index < -0.39 is 11.8 Å². The number of carbonyl (C=O) groups is 3. The lowest BCUT2D eigenvalue weighted by atomic mass is 10.1. The molecule has 0 saturated carbocycles. The van der Waals surface area contributed by atoms with Gasteiger partial charge >= 0.3 is 0 Å². The molecule has 0 bridgehead atoms. The van der Waals surface area contributed by atoms with Gasteiger partial charge in [0.25, 0.3) is 11.8 Å². The maximum Gasteiger partial charge on any atom is 0.277 e. The molecule has 9 heteroatoms. The third kappa shape index (κ3) is 4.92. The van der Waals surface area contributed by atoms with Gasteiger partial charge in [-0.05, 0) is 61.4 Å². The molecule has 1 saturated heterocycles. The van der Waals surface area contributed by atoms with Crippen LogP contribution < -0.4 is 15.5 Å². The van der Waals surface area contributed by atoms with Crippen molar-refractivity contribution in [2.24, 2.45) is 0 Å². The molecule has 0 unspecified atom stereocenters. The number of nitrogens with one attached hydrogen (secondary N) is 2. The van der Waals surface area contributed by atoms with E-state index in [9.17, 15) is 14.4 Å². The molecule has 3 amide bonds. The summed E-state index contributed by atoms with van der Waals surface area (Å²) in [5.41, 5.74) is 1.48. The molecule has 4 rings (SSSR count). The van der Waals surface area contributed by atoms with E-state index in [1.807, 2.05) is 0 Å². The Bertz CT molecular complexity index is 1150. The summed E-state index contributed by atoms with van der Waals surface area (Å²) in [7, 11) is 0. The van der Waals surface area contributed by atoms with Gasteiger partial charge in [-0.3, -0.25) is 14.4 Å². The molecule has 1 aliphatic rings. The summed E-state index contributed by atoms with van der Waals surface area (Å²) in [5.74, 6) is -0.511. The van der Waals surface area contributed by atoms with Crippen molar-refractivity contribution >= 4 is 46.5 Å². The summed E-state index contributed by atoms with van der Waals surface area (Å²) in [6.07, 6.45) is 5.29. The fourth-order valence-electron chi connectivity index (χ4n) is 3.38. The zero-order valence-electron chi connectivity index (χ0n) is 17.0. The molecule has 3 heterocycles. The lowest BCUT2D eigenvalue weighted by Crippen LogP contribution is -2.35. The minimum absolute atomic E-state index is 0.0492. The Kier molecular flexibility index (Phi) is 6.42. The molecule has 8 nitrogen and oxygen atoms in total. The summed E-state index contributed by atoms with van der Waals surface area (Å²) in [6.45, 7) is 0.682. The number of aromatic nitrogens is 2. The van der Waals surface area contributed by atoms with Crippen molar-refractivity contribution in [3.63, 3.8) is 0 Å². The van der Waals surface area contributed by atoms with Crippen LogP contribution in [0.3, 0.4) is 0 Å². The van der Waals surface area contributed by atoms with Crippen LogP contribution in [0.4, 0.5) is 17.2 Å². The molecule has 1 fully saturated rings. The number of rotatable bonds is 5. The molecular weight excluding hydrogens is 430 g/mol. The maximum atomic E-state index is 12.8. The highest BCUT2D eigenvalue weighted by atomic mass is 35.5. The SMILES string of the molecule is O=C(Nc1cccnc1C(=O)Nc1ccc(Cl)cn1)c1ccc(N2CCCCC2=O)cc1. The lowest BCUT2D eigenvalue weighted by molar-refractivity contribution is -0.119. The molecule has 2 N–H and O–H groups in total. The van der Waals surface area contributed by atoms with Crippen LogP contribution in [0, 0.1) is 0 Å². The van der Waals surface area contributed by atoms with Crippen molar-refractivity contribution in [2.75, 3.05) is 22.1 Å². The first-order valence-electron chi connectivity index (χ1n) is 10.1. The van der Waals surface area contributed by atoms with Crippen LogP contribution in [-0.4, -0.2) is 34.2 Å². The smallest absolute Gasteiger partial charge is 0.277 e. The number of hydrogen-bond donors (Lipinski definition) is 2. The van der Waals surface area contributed by atoms with Crippen molar-refractivity contribution in [2.45, 2.75) is 19.3 Å². The van der Waals surface area contributed by atoms with Gasteiger partial charge in [0.2, 0.25) is 5.91 Å². The summed E-state index contributed by atoms with van der Waals surface area (Å²) in [4.78, 5) is 47.4. The van der Waals surface area contributed by atoms with Crippen LogP contribution in [0.15, 0.2) is 60.9 Å². The molecule has 0 aliphatic carbocycles. The molecule has 32 heavy (non-hydrogen) atoms. The molecule has 3 aromatic rings. The molecule has 2 aromatic heterocycles. The van der Waals surface area contributed by atoms with Crippen LogP contribution >= 0.6 is 11.6 Å². The van der Waals surface area contributed by atoms with E-state index >= 15 is 0 Å². The van der Waals surface area contributed by atoms with Crippen molar-refractivity contribution < 1.29 is 14.4 Å². The van der Waals surface area contributed by atoms with Gasteiger partial charge in [-0.15, -0.1) is 0 Å². The topological polar surface area (TPSA) is 104 Å². The highest BCUT2D eigenvalue weighted by Crippen LogP contribution is 2.22. The Balaban J connectivity index is 1.47. The number of anilines is 3. The van der Waals surface area contributed by atoms with Crippen LogP contribution in [0.5, 0.6) is 0 Å². The highest BCUT2D eigenvalue weighted by Gasteiger charge is 2.20. The standard InChI is InChI=1S/C23H20ClN5O3/c24-16-8-11-19(26-14-16)28-23(32)21-18(4-3-12-25-21)27-22(31)15-6-9-17(10-7-15)29-13-2-1-5-20(29)30/h3-4,6-12,14H,1-2,5,13H2,(H,27,31)(H,26,28,32). The molecule has 1 aliphatic heterocycles. The van der Waals surface area contributed by atoms with Gasteiger partial charge < -0.3 is 15.5 Å². The van der Waals surface area contributed by atoms with E-state index in [1.165, 1.54) is 12.4 Å². The largest absolute Gasteiger partial charge is 0.320 e. The zero-order chi connectivity index (χ0) is 22.5. The molecule has 0 radical (unpaired) electrons. The second-order valence-electron chi connectivity index (χ2n) is 7.22. The number of hydrogen-bond acceptors (Lipinski definition) is 5. The number of carbonyl (C=O) groups excluding carboxylic acids is 3. The Hall–Kier alpha value is -3.78. The van der Waals surface area contributed by atoms with Crippen LogP contribution in [0.1, 0.15) is 40.1 Å². The van der Waals surface area contributed by atoms with Gasteiger partial charge in [0.15, 0.2) is 5.69 Å². The number of halogens is 1. The molecule has 1 aromatic carbocycles. The first kappa shape index (κ1) is 21.5. The number of nitrogens with zero attached hydrogens (tertiary/aromatic N) is 3. The second-order valence-corrected chi connectivity index (χ2v) is 7.66. The van der Waals surface area contributed by atoms with Crippen LogP contribution in [-0.2, 0) is 4.79 Å². The number of benzene rings is 1. The highest BCUT2D eigenvalue weighted by molar-refractivity contribution is 6.30. The summed E-state index contributed by atoms with van der Waals surface area (Å²) >= 11 is 5.81. The summed E-state index contributed by atoms with van der Waals surface area (Å²) in [6, 6.07) is 13.2. The van der Waals surface area contributed by atoms with Gasteiger partial charge in [0, 0.05) is 36.6 Å². The average molecular weight is 450 g/mol. The first-order chi connectivity index (χ1) is 15.5. The monoisotopic (exact) mass is 449 g/mol. The van der Waals surface area contributed by atoms with Crippen molar-refractivity contribution in [3.05, 3.63) is 77.2 Å². The minimum atomic E-state index is -0.519. The molecular formula is C23H20ClN5O3. The molecule has 162 valence electrons. The van der Waals surface area contributed by atoms with E-state index in [-0.39, 0.29) is 17.3 Å². The number of pyridine rings is 2. The lowest BCUT2D eigenvalue weighted by Gasteiger charge is -2.26. The third-order valence-corrected chi connectivity index (χ3v) is 5.23. The molecule has 0 atom stereocenters. The zero-order valence-corrected chi connectivity index (χ0v) is 17.8. The number of amides is 3. The molecule has 0 spiro atoms. The van der Waals surface area contributed by atoms with Crippen molar-refractivity contribution in [1.82, 2.24) is 9.97 Å². The van der Waals surface area contributed by atoms with E-state index in [0.29, 0.717) is 29.4 Å². The summed E-state index contributed by atoms with van der Waals surface area (Å²) in [5, 5.41) is 5.80. The first-order valence-corrected chi connectivity index (χ1v) is 10.5. The van der Waals surface area contributed by atoms with E-state index in [4.69, 9.17) is 11.6 Å². The Morgan fingerprint density at radius 3 is 2.47 bits per heavy atom. The minimum Gasteiger partial charge on any atom is -0.320 e. The maximum absolute atomic E-state index is 12.8. The van der Waals surface area contributed by atoms with Crippen LogP contribution in [0.25, 0.3) is 0 Å². The quantitative estimate of drug-likeness (QED) is 0.608. The van der Waals surface area contributed by atoms with Gasteiger partial charge in [0.05, 0.1) is 10.7 Å². The number of piperidine rings is 1. The van der Waals surface area contributed by atoms with E-state index in [0.717, 1.165) is 18.5 Å². The van der Waals surface area contributed by atoms with Crippen LogP contribution in [0.2, 0.25) is 5.02 Å². The third-order valence-electron chi connectivity index (χ3n) is 5.00. The fraction of sp³-hybridized carbons (Fsp3) is 0.174. The van der Waals surface area contributed by atoms with E-state index in [1.54, 1.807) is 53.4 Å². The predicted octanol–water partition coefficient (Wildman–Crippen LogP) is 4.15. The van der Waals surface area contributed by atoms with Gasteiger partial charge in [0.1, 0.15) is 5.82 Å². The Morgan fingerprint density at radius 2 is 1.75 bits per heavy atom. The normalized spacial score (nSPS) is 13.5. The predicted molar refractivity (Wildman–Crippen MR) is 122 cm³/mol. The Labute approximate surface area is 189 Å². The Morgan fingerprint density at radius 1 is 0.938 bits per heavy atom. The van der Waals surface area contributed by atoms with Crippen molar-refractivity contribution in [3.8, 4) is 0 Å². The fourth-order valence-corrected chi connectivity index (χ4v) is 3.49. The second kappa shape index (κ2) is 9.57. The van der Waals surface area contributed by atoms with Crippen molar-refractivity contribution in [1.29, 1.82) is 0 Å². The van der Waals surface area contributed by atoms with Gasteiger partial charge in [-0.25, -0.2) is 9.97 Å². The summed E-state index contributed by atoms with van der Waals surface area (Å²) < 4.78 is 0. The van der Waals surface area contributed by atoms with Gasteiger partial charge in [-0.1, -0.05) is 11.6 Å². The van der Waals surface area contributed by atoms with E-state index in [2.05, 4.69) is 20.6 Å². The van der Waals surface area contributed by atoms with Gasteiger partial charge in [-0.2, -0.15) is 0 Å². The average Bonchev–Trinajstić information content (AvgIpc) is 2.81.